The number of hydrogen-bond donors (Lipinski definition) is 3. The van der Waals surface area contributed by atoms with Gasteiger partial charge in [0.05, 0.1) is 15.0 Å². The van der Waals surface area contributed by atoms with Crippen molar-refractivity contribution in [2.45, 2.75) is 10.1 Å². The molecule has 9 nitrogen and oxygen atoms in total. The van der Waals surface area contributed by atoms with Gasteiger partial charge in [-0.2, -0.15) is 0 Å². The highest BCUT2D eigenvalue weighted by atomic mass is 35.5. The monoisotopic (exact) mass is 696 g/mol. The van der Waals surface area contributed by atoms with E-state index in [0.29, 0.717) is 32.5 Å². The Kier molecular flexibility index (Phi) is 11.3. The minimum absolute atomic E-state index is 0.0701. The zero-order valence-corrected chi connectivity index (χ0v) is 27.3. The van der Waals surface area contributed by atoms with E-state index in [9.17, 15) is 24.5 Å². The van der Waals surface area contributed by atoms with E-state index in [1.807, 2.05) is 30.3 Å². The van der Waals surface area contributed by atoms with Crippen molar-refractivity contribution in [3.8, 4) is 0 Å². The summed E-state index contributed by atoms with van der Waals surface area (Å²) in [5, 5.41) is 19.5. The summed E-state index contributed by atoms with van der Waals surface area (Å²) in [4.78, 5) is 51.1. The molecule has 0 saturated heterocycles. The van der Waals surface area contributed by atoms with Crippen LogP contribution in [-0.4, -0.2) is 22.6 Å². The lowest BCUT2D eigenvalue weighted by molar-refractivity contribution is -0.384. The first kappa shape index (κ1) is 33.9. The van der Waals surface area contributed by atoms with E-state index in [0.717, 1.165) is 10.5 Å². The maximum Gasteiger partial charge on any atom is 0.272 e. The Morgan fingerprint density at radius 3 is 1.98 bits per heavy atom. The topological polar surface area (TPSA) is 130 Å². The number of rotatable bonds is 11. The van der Waals surface area contributed by atoms with Crippen LogP contribution in [0.4, 0.5) is 17.1 Å². The van der Waals surface area contributed by atoms with Crippen LogP contribution < -0.4 is 16.0 Å². The molecule has 0 saturated carbocycles. The third kappa shape index (κ3) is 9.10. The highest BCUT2D eigenvalue weighted by molar-refractivity contribution is 8.00. The molecular formula is C36H26Cl2N4O5S. The molecule has 0 aliphatic rings. The summed E-state index contributed by atoms with van der Waals surface area (Å²) in [6.07, 6.45) is 1.43. The number of thioether (sulfide) groups is 1. The van der Waals surface area contributed by atoms with Crippen molar-refractivity contribution in [3.05, 3.63) is 170 Å². The number of nitrogens with one attached hydrogen (secondary N) is 3. The lowest BCUT2D eigenvalue weighted by Gasteiger charge is -2.18. The summed E-state index contributed by atoms with van der Waals surface area (Å²) in [5.74, 6) is -1.38. The minimum Gasteiger partial charge on any atom is -0.325 e. The molecule has 1 unspecified atom stereocenters. The zero-order chi connectivity index (χ0) is 34.0. The Balaban J connectivity index is 1.33. The molecule has 0 aromatic heterocycles. The summed E-state index contributed by atoms with van der Waals surface area (Å²) in [5.41, 5.74) is 2.36. The number of carbonyl (C=O) groups excluding carboxylic acids is 3. The third-order valence-electron chi connectivity index (χ3n) is 6.84. The zero-order valence-electron chi connectivity index (χ0n) is 24.9. The SMILES string of the molecule is O=C(Nc1ccc(SC(C(=O)Nc2ccc(Cl)c(Cl)c2)c2ccccc2)cc1)/C(=C/c1ccc([N+](=O)[O-])cc1)NC(=O)c1ccccc1. The van der Waals surface area contributed by atoms with Crippen molar-refractivity contribution in [1.82, 2.24) is 5.32 Å². The van der Waals surface area contributed by atoms with Crippen LogP contribution in [0.25, 0.3) is 6.08 Å². The highest BCUT2D eigenvalue weighted by Crippen LogP contribution is 2.37. The molecular weight excluding hydrogens is 671 g/mol. The van der Waals surface area contributed by atoms with Gasteiger partial charge in [-0.15, -0.1) is 11.8 Å². The van der Waals surface area contributed by atoms with Gasteiger partial charge in [0.15, 0.2) is 0 Å². The largest absolute Gasteiger partial charge is 0.325 e. The molecule has 12 heteroatoms. The first-order valence-corrected chi connectivity index (χ1v) is 16.0. The molecule has 0 aliphatic carbocycles. The van der Waals surface area contributed by atoms with Gasteiger partial charge in [0, 0.05) is 34.0 Å². The average molecular weight is 698 g/mol. The van der Waals surface area contributed by atoms with E-state index >= 15 is 0 Å². The van der Waals surface area contributed by atoms with Crippen molar-refractivity contribution in [1.29, 1.82) is 0 Å². The Hall–Kier alpha value is -5.42. The van der Waals surface area contributed by atoms with Gasteiger partial charge < -0.3 is 16.0 Å². The molecule has 0 radical (unpaired) electrons. The van der Waals surface area contributed by atoms with E-state index in [2.05, 4.69) is 16.0 Å². The second-order valence-corrected chi connectivity index (χ2v) is 12.2. The van der Waals surface area contributed by atoms with Gasteiger partial charge >= 0.3 is 0 Å². The smallest absolute Gasteiger partial charge is 0.272 e. The fourth-order valence-corrected chi connectivity index (χ4v) is 5.76. The first-order chi connectivity index (χ1) is 23.2. The van der Waals surface area contributed by atoms with Crippen molar-refractivity contribution >= 4 is 75.8 Å². The molecule has 3 amide bonds. The van der Waals surface area contributed by atoms with Crippen molar-refractivity contribution < 1.29 is 19.3 Å². The first-order valence-electron chi connectivity index (χ1n) is 14.4. The predicted octanol–water partition coefficient (Wildman–Crippen LogP) is 8.78. The highest BCUT2D eigenvalue weighted by Gasteiger charge is 2.23. The normalized spacial score (nSPS) is 11.7. The molecule has 0 heterocycles. The molecule has 5 aromatic rings. The fraction of sp³-hybridized carbons (Fsp3) is 0.0278. The molecule has 5 aromatic carbocycles. The second-order valence-electron chi connectivity index (χ2n) is 10.2. The number of anilines is 2. The van der Waals surface area contributed by atoms with Gasteiger partial charge in [-0.25, -0.2) is 0 Å². The maximum atomic E-state index is 13.5. The van der Waals surface area contributed by atoms with Crippen LogP contribution in [0.5, 0.6) is 0 Å². The lowest BCUT2D eigenvalue weighted by Crippen LogP contribution is -2.30. The van der Waals surface area contributed by atoms with Gasteiger partial charge in [0.1, 0.15) is 10.9 Å². The Morgan fingerprint density at radius 1 is 0.729 bits per heavy atom. The number of nitrogens with zero attached hydrogens (tertiary/aromatic N) is 1. The van der Waals surface area contributed by atoms with Crippen molar-refractivity contribution in [2.24, 2.45) is 0 Å². The molecule has 0 aliphatic heterocycles. The Bertz CT molecular complexity index is 1970. The van der Waals surface area contributed by atoms with Gasteiger partial charge in [-0.3, -0.25) is 24.5 Å². The summed E-state index contributed by atoms with van der Waals surface area (Å²) in [6.45, 7) is 0. The molecule has 48 heavy (non-hydrogen) atoms. The molecule has 3 N–H and O–H groups in total. The molecule has 0 bridgehead atoms. The second kappa shape index (κ2) is 15.9. The number of carbonyl (C=O) groups is 3. The van der Waals surface area contributed by atoms with Crippen LogP contribution in [0.3, 0.4) is 0 Å². The van der Waals surface area contributed by atoms with Gasteiger partial charge in [0.2, 0.25) is 5.91 Å². The lowest BCUT2D eigenvalue weighted by atomic mass is 10.1. The van der Waals surface area contributed by atoms with E-state index in [1.54, 1.807) is 72.8 Å². The predicted molar refractivity (Wildman–Crippen MR) is 190 cm³/mol. The Morgan fingerprint density at radius 2 is 1.35 bits per heavy atom. The van der Waals surface area contributed by atoms with E-state index in [-0.39, 0.29) is 17.3 Å². The molecule has 240 valence electrons. The number of non-ortho nitro benzene ring substituents is 1. The van der Waals surface area contributed by atoms with E-state index in [1.165, 1.54) is 42.1 Å². The van der Waals surface area contributed by atoms with Crippen LogP contribution in [0.2, 0.25) is 10.0 Å². The standard InChI is InChI=1S/C36H26Cl2N4O5S/c37-30-20-15-27(22-31(30)38)40-36(45)33(24-7-3-1-4-8-24)48-29-18-13-26(14-19-29)39-35(44)32(41-34(43)25-9-5-2-6-10-25)21-23-11-16-28(17-12-23)42(46)47/h1-22,33H,(H,39,44)(H,40,45)(H,41,43)/b32-21-. The number of amides is 3. The fourth-order valence-electron chi connectivity index (χ4n) is 4.44. The van der Waals surface area contributed by atoms with Gasteiger partial charge in [0.25, 0.3) is 17.5 Å². The van der Waals surface area contributed by atoms with Crippen molar-refractivity contribution in [3.63, 3.8) is 0 Å². The van der Waals surface area contributed by atoms with Crippen LogP contribution in [0.1, 0.15) is 26.7 Å². The van der Waals surface area contributed by atoms with Crippen LogP contribution in [0, 0.1) is 10.1 Å². The van der Waals surface area contributed by atoms with Crippen LogP contribution in [-0.2, 0) is 9.59 Å². The van der Waals surface area contributed by atoms with Crippen molar-refractivity contribution in [2.75, 3.05) is 10.6 Å². The average Bonchev–Trinajstić information content (AvgIpc) is 3.10. The summed E-state index contributed by atoms with van der Waals surface area (Å²) in [6, 6.07) is 35.0. The number of nitro benzene ring substituents is 1. The quantitative estimate of drug-likeness (QED) is 0.0548. The maximum absolute atomic E-state index is 13.5. The number of hydrogen-bond acceptors (Lipinski definition) is 6. The molecule has 5 rings (SSSR count). The summed E-state index contributed by atoms with van der Waals surface area (Å²) in [7, 11) is 0. The van der Waals surface area contributed by atoms with Gasteiger partial charge in [-0.05, 0) is 83.9 Å². The molecule has 1 atom stereocenters. The Labute approximate surface area is 290 Å². The molecule has 0 fully saturated rings. The number of benzene rings is 5. The van der Waals surface area contributed by atoms with Crippen LogP contribution in [0.15, 0.2) is 138 Å². The van der Waals surface area contributed by atoms with E-state index in [4.69, 9.17) is 23.2 Å². The van der Waals surface area contributed by atoms with E-state index < -0.39 is 22.0 Å². The number of halogens is 2. The number of nitro groups is 1. The van der Waals surface area contributed by atoms with Gasteiger partial charge in [-0.1, -0.05) is 71.7 Å². The minimum atomic E-state index is -0.620. The summed E-state index contributed by atoms with van der Waals surface area (Å²) < 4.78 is 0. The molecule has 0 spiro atoms. The third-order valence-corrected chi connectivity index (χ3v) is 8.84. The van der Waals surface area contributed by atoms with Crippen LogP contribution >= 0.6 is 35.0 Å². The summed E-state index contributed by atoms with van der Waals surface area (Å²) >= 11 is 13.5.